The summed E-state index contributed by atoms with van der Waals surface area (Å²) in [6.45, 7) is 9.91. The molecule has 0 spiro atoms. The third-order valence-electron chi connectivity index (χ3n) is 7.78. The maximum atomic E-state index is 13.7. The fraction of sp³-hybridized carbons (Fsp3) is 0.630. The number of rotatable bonds is 9. The number of carbonyl (C=O) groups is 1. The number of pyridine rings is 1. The van der Waals surface area contributed by atoms with E-state index in [-0.39, 0.29) is 27.8 Å². The van der Waals surface area contributed by atoms with Crippen molar-refractivity contribution in [3.05, 3.63) is 23.0 Å². The van der Waals surface area contributed by atoms with Crippen LogP contribution in [-0.2, 0) is 21.5 Å². The lowest BCUT2D eigenvalue weighted by molar-refractivity contribution is -0.124. The van der Waals surface area contributed by atoms with E-state index < -0.39 is 33.8 Å². The van der Waals surface area contributed by atoms with Gasteiger partial charge in [-0.1, -0.05) is 11.3 Å². The van der Waals surface area contributed by atoms with E-state index in [2.05, 4.69) is 30.5 Å². The first-order valence-electron chi connectivity index (χ1n) is 14.1. The number of hydrogen-bond acceptors (Lipinski definition) is 9. The van der Waals surface area contributed by atoms with Gasteiger partial charge in [0.05, 0.1) is 11.4 Å². The number of anilines is 1. The maximum absolute atomic E-state index is 13.7. The number of hydrogen-bond donors (Lipinski definition) is 3. The highest BCUT2D eigenvalue weighted by molar-refractivity contribution is 7.89. The Hall–Kier alpha value is -2.68. The molecule has 1 saturated heterocycles. The molecule has 3 fully saturated rings. The Morgan fingerprint density at radius 1 is 1.24 bits per heavy atom. The molecular weight excluding hydrogens is 567 g/mol. The van der Waals surface area contributed by atoms with Crippen LogP contribution in [0.5, 0.6) is 0 Å². The molecule has 1 amide bonds. The molecule has 0 aromatic carbocycles. The second-order valence-electron chi connectivity index (χ2n) is 12.8. The van der Waals surface area contributed by atoms with E-state index in [0.717, 1.165) is 42.7 Å². The van der Waals surface area contributed by atoms with Crippen molar-refractivity contribution in [2.75, 3.05) is 18.0 Å². The minimum atomic E-state index is -3.89. The van der Waals surface area contributed by atoms with Gasteiger partial charge < -0.3 is 10.2 Å². The van der Waals surface area contributed by atoms with Crippen LogP contribution in [0.25, 0.3) is 16.3 Å². The number of carbonyl (C=O) groups excluding carboxylic acids is 1. The monoisotopic (exact) mass is 604 g/mol. The summed E-state index contributed by atoms with van der Waals surface area (Å²) in [6, 6.07) is 1.13. The zero-order chi connectivity index (χ0) is 29.3. The van der Waals surface area contributed by atoms with Crippen LogP contribution in [0.3, 0.4) is 0 Å². The van der Waals surface area contributed by atoms with Crippen LogP contribution in [0, 0.1) is 0 Å². The van der Waals surface area contributed by atoms with E-state index in [1.54, 1.807) is 16.7 Å². The summed E-state index contributed by atoms with van der Waals surface area (Å²) in [5, 5.41) is 15.5. The number of piperazine rings is 1. The molecule has 222 valence electrons. The van der Waals surface area contributed by atoms with Gasteiger partial charge in [0.15, 0.2) is 10.7 Å². The largest absolute Gasteiger partial charge is 0.365 e. The van der Waals surface area contributed by atoms with E-state index in [1.807, 2.05) is 34.6 Å². The Morgan fingerprint density at radius 2 is 1.98 bits per heavy atom. The third kappa shape index (κ3) is 5.71. The number of fused-ring (bicyclic) bond motifs is 1. The van der Waals surface area contributed by atoms with Crippen molar-refractivity contribution in [2.24, 2.45) is 0 Å². The number of nitrogens with one attached hydrogen (secondary N) is 3. The Balaban J connectivity index is 1.54. The SMILES string of the molecule is CC(C)NC(=O)[C@H]1CN(c2cc(S(=O)(=O)NC3(C)CC3)cn3c(-c4nnc(CF)s4)c(C4CC4)nc23)CC(C)(C)N1. The van der Waals surface area contributed by atoms with E-state index in [0.29, 0.717) is 35.1 Å². The highest BCUT2D eigenvalue weighted by atomic mass is 32.2. The van der Waals surface area contributed by atoms with Gasteiger partial charge in [0.1, 0.15) is 28.3 Å². The predicted molar refractivity (Wildman–Crippen MR) is 155 cm³/mol. The van der Waals surface area contributed by atoms with Crippen molar-refractivity contribution >= 4 is 38.6 Å². The molecule has 41 heavy (non-hydrogen) atoms. The highest BCUT2D eigenvalue weighted by Gasteiger charge is 2.43. The van der Waals surface area contributed by atoms with Crippen molar-refractivity contribution in [3.8, 4) is 10.7 Å². The van der Waals surface area contributed by atoms with Gasteiger partial charge in [0.25, 0.3) is 0 Å². The molecule has 2 aliphatic carbocycles. The Kier molecular flexibility index (Phi) is 6.91. The minimum Gasteiger partial charge on any atom is -0.365 e. The van der Waals surface area contributed by atoms with Crippen molar-refractivity contribution in [1.82, 2.24) is 34.9 Å². The normalized spacial score (nSPS) is 21.9. The average Bonchev–Trinajstić information content (AvgIpc) is 3.77. The first-order valence-corrected chi connectivity index (χ1v) is 16.4. The number of alkyl halides is 1. The Bertz CT molecular complexity index is 1610. The number of sulfonamides is 1. The predicted octanol–water partition coefficient (Wildman–Crippen LogP) is 3.11. The van der Waals surface area contributed by atoms with Crippen LogP contribution in [0.15, 0.2) is 17.2 Å². The zero-order valence-corrected chi connectivity index (χ0v) is 25.6. The fourth-order valence-electron chi connectivity index (χ4n) is 5.47. The average molecular weight is 605 g/mol. The number of aromatic nitrogens is 4. The molecule has 2 saturated carbocycles. The van der Waals surface area contributed by atoms with Gasteiger partial charge in [0, 0.05) is 42.3 Å². The van der Waals surface area contributed by atoms with Gasteiger partial charge in [0.2, 0.25) is 15.9 Å². The second kappa shape index (κ2) is 9.96. The lowest BCUT2D eigenvalue weighted by atomic mass is 9.97. The van der Waals surface area contributed by atoms with Gasteiger partial charge >= 0.3 is 0 Å². The quantitative estimate of drug-likeness (QED) is 0.339. The molecule has 3 aliphatic rings. The van der Waals surface area contributed by atoms with E-state index in [4.69, 9.17) is 4.98 Å². The van der Waals surface area contributed by atoms with E-state index in [9.17, 15) is 17.6 Å². The summed E-state index contributed by atoms with van der Waals surface area (Å²) in [7, 11) is -3.89. The molecule has 0 unspecified atom stereocenters. The lowest BCUT2D eigenvalue weighted by Crippen LogP contribution is -2.66. The van der Waals surface area contributed by atoms with E-state index in [1.165, 1.54) is 0 Å². The molecular formula is C27H37FN8O3S2. The maximum Gasteiger partial charge on any atom is 0.242 e. The summed E-state index contributed by atoms with van der Waals surface area (Å²) in [5.74, 6) is 0.0965. The van der Waals surface area contributed by atoms with Gasteiger partial charge in [-0.2, -0.15) is 0 Å². The van der Waals surface area contributed by atoms with Crippen molar-refractivity contribution in [1.29, 1.82) is 0 Å². The fourth-order valence-corrected chi connectivity index (χ4v) is 7.69. The molecule has 0 radical (unpaired) electrons. The number of halogens is 1. The van der Waals surface area contributed by atoms with Crippen molar-refractivity contribution in [3.63, 3.8) is 0 Å². The standard InChI is InChI=1S/C27H37FN8O3S2/c1-15(2)29-24(37)18-13-35(14-26(3,4)31-18)19-10-17(41(38,39)34-27(5)8-9-27)12-36-22(25-33-32-20(11-28)40-25)21(16-6-7-16)30-23(19)36/h10,12,15-16,18,31,34H,6-9,11,13-14H2,1-5H3,(H,29,37)/t18-/m1/s1. The van der Waals surface area contributed by atoms with Crippen LogP contribution in [0.1, 0.15) is 76.9 Å². The summed E-state index contributed by atoms with van der Waals surface area (Å²) in [6.07, 6.45) is 5.07. The lowest BCUT2D eigenvalue weighted by Gasteiger charge is -2.44. The minimum absolute atomic E-state index is 0.0186. The number of nitrogens with zero attached hydrogens (tertiary/aromatic N) is 5. The van der Waals surface area contributed by atoms with Gasteiger partial charge in [-0.15, -0.1) is 10.2 Å². The third-order valence-corrected chi connectivity index (χ3v) is 10.3. The molecule has 4 heterocycles. The molecule has 6 rings (SSSR count). The molecule has 1 aliphatic heterocycles. The molecule has 14 heteroatoms. The van der Waals surface area contributed by atoms with Crippen molar-refractivity contribution < 1.29 is 17.6 Å². The molecule has 11 nitrogen and oxygen atoms in total. The Labute approximate surface area is 243 Å². The summed E-state index contributed by atoms with van der Waals surface area (Å²) < 4.78 is 45.6. The molecule has 1 atom stereocenters. The van der Waals surface area contributed by atoms with Gasteiger partial charge in [-0.05, 0) is 66.4 Å². The van der Waals surface area contributed by atoms with E-state index >= 15 is 0 Å². The zero-order valence-electron chi connectivity index (χ0n) is 24.0. The molecule has 0 bridgehead atoms. The van der Waals surface area contributed by atoms with Crippen LogP contribution >= 0.6 is 11.3 Å². The first kappa shape index (κ1) is 28.4. The van der Waals surface area contributed by atoms with Crippen LogP contribution < -0.4 is 20.3 Å². The van der Waals surface area contributed by atoms with Crippen LogP contribution in [-0.4, -0.2) is 70.2 Å². The van der Waals surface area contributed by atoms with Gasteiger partial charge in [-0.25, -0.2) is 22.5 Å². The number of amides is 1. The second-order valence-corrected chi connectivity index (χ2v) is 15.5. The summed E-state index contributed by atoms with van der Waals surface area (Å²) in [4.78, 5) is 20.3. The molecule has 3 aromatic heterocycles. The van der Waals surface area contributed by atoms with Gasteiger partial charge in [-0.3, -0.25) is 14.5 Å². The smallest absolute Gasteiger partial charge is 0.242 e. The number of imidazole rings is 1. The summed E-state index contributed by atoms with van der Waals surface area (Å²) in [5.41, 5.74) is 1.75. The molecule has 3 N–H and O–H groups in total. The van der Waals surface area contributed by atoms with Crippen molar-refractivity contribution in [2.45, 2.75) is 101 Å². The Morgan fingerprint density at radius 3 is 2.59 bits per heavy atom. The topological polar surface area (TPSA) is 134 Å². The van der Waals surface area contributed by atoms with Crippen LogP contribution in [0.2, 0.25) is 0 Å². The highest BCUT2D eigenvalue weighted by Crippen LogP contribution is 2.46. The first-order chi connectivity index (χ1) is 19.3. The van der Waals surface area contributed by atoms with Crippen LogP contribution in [0.4, 0.5) is 10.1 Å². The summed E-state index contributed by atoms with van der Waals surface area (Å²) >= 11 is 1.15. The molecule has 3 aromatic rings.